The van der Waals surface area contributed by atoms with Crippen LogP contribution in [0.5, 0.6) is 0 Å². The molecule has 2 heteroatoms. The summed E-state index contributed by atoms with van der Waals surface area (Å²) in [7, 11) is 0. The summed E-state index contributed by atoms with van der Waals surface area (Å²) in [5.74, 6) is 0.646. The van der Waals surface area contributed by atoms with E-state index in [0.29, 0.717) is 12.0 Å². The van der Waals surface area contributed by atoms with Crippen molar-refractivity contribution >= 4 is 0 Å². The Morgan fingerprint density at radius 3 is 2.60 bits per heavy atom. The van der Waals surface area contributed by atoms with Crippen LogP contribution in [0.15, 0.2) is 0 Å². The second-order valence-corrected chi connectivity index (χ2v) is 3.57. The molecule has 3 unspecified atom stereocenters. The maximum absolute atomic E-state index is 5.45. The first kappa shape index (κ1) is 6.62. The van der Waals surface area contributed by atoms with Crippen molar-refractivity contribution in [3.8, 4) is 0 Å². The summed E-state index contributed by atoms with van der Waals surface area (Å²) >= 11 is 0. The lowest BCUT2D eigenvalue weighted by Gasteiger charge is -2.17. The molecule has 2 rings (SSSR count). The Kier molecular flexibility index (Phi) is 1.29. The standard InChI is InChI=1S/C8H14O2/c1-6-7(3-4-9-6)8(2)5-10-8/h6-7H,3-5H2,1-2H3. The molecule has 0 aliphatic carbocycles. The average molecular weight is 142 g/mol. The molecule has 10 heavy (non-hydrogen) atoms. The van der Waals surface area contributed by atoms with Gasteiger partial charge in [0.2, 0.25) is 0 Å². The number of ether oxygens (including phenoxy) is 2. The minimum atomic E-state index is 0.177. The lowest BCUT2D eigenvalue weighted by atomic mass is 9.89. The number of rotatable bonds is 1. The van der Waals surface area contributed by atoms with Crippen LogP contribution in [-0.4, -0.2) is 24.9 Å². The zero-order valence-electron chi connectivity index (χ0n) is 6.59. The highest BCUT2D eigenvalue weighted by Gasteiger charge is 2.50. The van der Waals surface area contributed by atoms with Gasteiger partial charge in [0.15, 0.2) is 0 Å². The molecule has 2 aliphatic heterocycles. The van der Waals surface area contributed by atoms with E-state index in [1.54, 1.807) is 0 Å². The Hall–Kier alpha value is -0.0800. The van der Waals surface area contributed by atoms with Gasteiger partial charge in [0.25, 0.3) is 0 Å². The molecule has 3 atom stereocenters. The molecule has 0 aromatic heterocycles. The van der Waals surface area contributed by atoms with Gasteiger partial charge in [-0.25, -0.2) is 0 Å². The second-order valence-electron chi connectivity index (χ2n) is 3.57. The monoisotopic (exact) mass is 142 g/mol. The Labute approximate surface area is 61.5 Å². The molecule has 0 amide bonds. The molecule has 2 heterocycles. The molecule has 0 spiro atoms. The summed E-state index contributed by atoms with van der Waals surface area (Å²) in [6, 6.07) is 0. The third-order valence-corrected chi connectivity index (χ3v) is 2.76. The van der Waals surface area contributed by atoms with Gasteiger partial charge >= 0.3 is 0 Å². The molecule has 2 saturated heterocycles. The van der Waals surface area contributed by atoms with Crippen LogP contribution in [0.4, 0.5) is 0 Å². The predicted molar refractivity (Wildman–Crippen MR) is 37.9 cm³/mol. The summed E-state index contributed by atoms with van der Waals surface area (Å²) in [6.07, 6.45) is 1.59. The van der Waals surface area contributed by atoms with Crippen LogP contribution >= 0.6 is 0 Å². The highest BCUT2D eigenvalue weighted by Crippen LogP contribution is 2.42. The van der Waals surface area contributed by atoms with Gasteiger partial charge < -0.3 is 9.47 Å². The molecule has 2 nitrogen and oxygen atoms in total. The Morgan fingerprint density at radius 2 is 2.20 bits per heavy atom. The maximum Gasteiger partial charge on any atom is 0.0942 e. The van der Waals surface area contributed by atoms with Gasteiger partial charge in [-0.3, -0.25) is 0 Å². The summed E-state index contributed by atoms with van der Waals surface area (Å²) in [6.45, 7) is 6.18. The molecule has 2 fully saturated rings. The molecular weight excluding hydrogens is 128 g/mol. The molecule has 0 bridgehead atoms. The van der Waals surface area contributed by atoms with E-state index in [-0.39, 0.29) is 5.60 Å². The molecular formula is C8H14O2. The molecule has 58 valence electrons. The van der Waals surface area contributed by atoms with Crippen molar-refractivity contribution in [1.82, 2.24) is 0 Å². The largest absolute Gasteiger partial charge is 0.378 e. The van der Waals surface area contributed by atoms with E-state index in [2.05, 4.69) is 13.8 Å². The summed E-state index contributed by atoms with van der Waals surface area (Å²) in [5, 5.41) is 0. The molecule has 0 saturated carbocycles. The van der Waals surface area contributed by atoms with Gasteiger partial charge in [-0.05, 0) is 20.3 Å². The van der Waals surface area contributed by atoms with E-state index in [1.165, 1.54) is 6.42 Å². The predicted octanol–water partition coefficient (Wildman–Crippen LogP) is 1.20. The Bertz CT molecular complexity index is 140. The molecule has 0 aromatic carbocycles. The zero-order chi connectivity index (χ0) is 7.19. The quantitative estimate of drug-likeness (QED) is 0.513. The van der Waals surface area contributed by atoms with Crippen LogP contribution < -0.4 is 0 Å². The molecule has 2 aliphatic rings. The number of hydrogen-bond donors (Lipinski definition) is 0. The van der Waals surface area contributed by atoms with Gasteiger partial charge in [0, 0.05) is 12.5 Å². The van der Waals surface area contributed by atoms with E-state index in [1.807, 2.05) is 0 Å². The van der Waals surface area contributed by atoms with E-state index in [4.69, 9.17) is 9.47 Å². The van der Waals surface area contributed by atoms with Crippen LogP contribution in [-0.2, 0) is 9.47 Å². The van der Waals surface area contributed by atoms with Gasteiger partial charge in [-0.1, -0.05) is 0 Å². The third-order valence-electron chi connectivity index (χ3n) is 2.76. The first-order valence-corrected chi connectivity index (χ1v) is 3.98. The number of hydrogen-bond acceptors (Lipinski definition) is 2. The van der Waals surface area contributed by atoms with Crippen molar-refractivity contribution in [3.63, 3.8) is 0 Å². The SMILES string of the molecule is CC1OCCC1C1(C)CO1. The topological polar surface area (TPSA) is 21.8 Å². The summed E-state index contributed by atoms with van der Waals surface area (Å²) in [4.78, 5) is 0. The maximum atomic E-state index is 5.45. The van der Waals surface area contributed by atoms with E-state index in [0.717, 1.165) is 13.2 Å². The smallest absolute Gasteiger partial charge is 0.0942 e. The Balaban J connectivity index is 2.03. The average Bonchev–Trinajstić information content (AvgIpc) is 2.44. The van der Waals surface area contributed by atoms with Crippen LogP contribution in [0.2, 0.25) is 0 Å². The van der Waals surface area contributed by atoms with Crippen LogP contribution in [0, 0.1) is 5.92 Å². The van der Waals surface area contributed by atoms with Crippen LogP contribution in [0.3, 0.4) is 0 Å². The van der Waals surface area contributed by atoms with Crippen molar-refractivity contribution in [1.29, 1.82) is 0 Å². The fraction of sp³-hybridized carbons (Fsp3) is 1.00. The van der Waals surface area contributed by atoms with E-state index < -0.39 is 0 Å². The van der Waals surface area contributed by atoms with Crippen LogP contribution in [0.1, 0.15) is 20.3 Å². The molecule has 0 radical (unpaired) electrons. The lowest BCUT2D eigenvalue weighted by molar-refractivity contribution is 0.0821. The highest BCUT2D eigenvalue weighted by atomic mass is 16.6. The van der Waals surface area contributed by atoms with Crippen LogP contribution in [0.25, 0.3) is 0 Å². The van der Waals surface area contributed by atoms with Gasteiger partial charge in [-0.2, -0.15) is 0 Å². The molecule has 0 N–H and O–H groups in total. The van der Waals surface area contributed by atoms with Crippen molar-refractivity contribution < 1.29 is 9.47 Å². The van der Waals surface area contributed by atoms with Gasteiger partial charge in [0.1, 0.15) is 0 Å². The van der Waals surface area contributed by atoms with Gasteiger partial charge in [-0.15, -0.1) is 0 Å². The van der Waals surface area contributed by atoms with Gasteiger partial charge in [0.05, 0.1) is 18.3 Å². The zero-order valence-corrected chi connectivity index (χ0v) is 6.59. The minimum absolute atomic E-state index is 0.177. The highest BCUT2D eigenvalue weighted by molar-refractivity contribution is 4.98. The van der Waals surface area contributed by atoms with Crippen molar-refractivity contribution in [2.75, 3.05) is 13.2 Å². The third kappa shape index (κ3) is 0.867. The Morgan fingerprint density at radius 1 is 1.50 bits per heavy atom. The minimum Gasteiger partial charge on any atom is -0.378 e. The number of epoxide rings is 1. The van der Waals surface area contributed by atoms with Crippen molar-refractivity contribution in [3.05, 3.63) is 0 Å². The summed E-state index contributed by atoms with van der Waals surface area (Å²) in [5.41, 5.74) is 0.177. The normalized spacial score (nSPS) is 53.4. The fourth-order valence-electron chi connectivity index (χ4n) is 1.86. The fourth-order valence-corrected chi connectivity index (χ4v) is 1.86. The first-order valence-electron chi connectivity index (χ1n) is 3.98. The van der Waals surface area contributed by atoms with E-state index >= 15 is 0 Å². The van der Waals surface area contributed by atoms with Crippen molar-refractivity contribution in [2.24, 2.45) is 5.92 Å². The second kappa shape index (κ2) is 1.95. The lowest BCUT2D eigenvalue weighted by Crippen LogP contribution is -2.26. The molecule has 0 aromatic rings. The summed E-state index contributed by atoms with van der Waals surface area (Å²) < 4.78 is 10.8. The van der Waals surface area contributed by atoms with Crippen molar-refractivity contribution in [2.45, 2.75) is 32.0 Å². The first-order chi connectivity index (χ1) is 4.72. The van der Waals surface area contributed by atoms with E-state index in [9.17, 15) is 0 Å².